The first-order valence-corrected chi connectivity index (χ1v) is 5.33. The lowest BCUT2D eigenvalue weighted by molar-refractivity contribution is -0.177. The molecule has 0 radical (unpaired) electrons. The maximum absolute atomic E-state index is 11.1. The van der Waals surface area contributed by atoms with E-state index in [0.29, 0.717) is 5.06 Å². The number of rotatable bonds is 5. The van der Waals surface area contributed by atoms with Gasteiger partial charge in [-0.15, -0.1) is 0 Å². The molecule has 1 heterocycles. The fourth-order valence-corrected chi connectivity index (χ4v) is 1.17. The summed E-state index contributed by atoms with van der Waals surface area (Å²) in [6.07, 6.45) is -0.928. The molecule has 0 aromatic rings. The molecule has 0 aromatic carbocycles. The molecule has 1 rings (SSSR count). The molecule has 1 aliphatic heterocycles. The Morgan fingerprint density at radius 3 is 2.35 bits per heavy atom. The van der Waals surface area contributed by atoms with Crippen LogP contribution in [-0.2, 0) is 23.9 Å². The van der Waals surface area contributed by atoms with E-state index in [4.69, 9.17) is 4.74 Å². The highest BCUT2D eigenvalue weighted by atomic mass is 16.8. The molecule has 0 N–H and O–H groups in total. The first kappa shape index (κ1) is 13.4. The Morgan fingerprint density at radius 1 is 1.24 bits per heavy atom. The summed E-state index contributed by atoms with van der Waals surface area (Å²) in [5, 5.41) is 0.436. The quantitative estimate of drug-likeness (QED) is 0.401. The van der Waals surface area contributed by atoms with E-state index in [1.165, 1.54) is 0 Å². The average molecular weight is 245 g/mol. The van der Waals surface area contributed by atoms with Crippen LogP contribution in [0.1, 0.15) is 26.7 Å². The van der Waals surface area contributed by atoms with Gasteiger partial charge in [-0.1, -0.05) is 5.06 Å². The molecular weight excluding hydrogens is 230 g/mol. The lowest BCUT2D eigenvalue weighted by Gasteiger charge is -2.12. The van der Waals surface area contributed by atoms with Crippen molar-refractivity contribution in [3.63, 3.8) is 0 Å². The zero-order chi connectivity index (χ0) is 12.8. The first-order chi connectivity index (χ1) is 8.00. The highest BCUT2D eigenvalue weighted by Gasteiger charge is 2.33. The van der Waals surface area contributed by atoms with Gasteiger partial charge in [-0.05, 0) is 13.8 Å². The van der Waals surface area contributed by atoms with Crippen molar-refractivity contribution in [3.05, 3.63) is 0 Å². The van der Waals surface area contributed by atoms with Gasteiger partial charge in [0.2, 0.25) is 0 Å². The van der Waals surface area contributed by atoms with Crippen LogP contribution in [0.3, 0.4) is 0 Å². The number of imide groups is 1. The van der Waals surface area contributed by atoms with Gasteiger partial charge in [-0.3, -0.25) is 14.4 Å². The van der Waals surface area contributed by atoms with Crippen LogP contribution in [-0.4, -0.2) is 42.4 Å². The van der Waals surface area contributed by atoms with Gasteiger partial charge in [0.1, 0.15) is 6.61 Å². The minimum absolute atomic E-state index is 0.00718. The van der Waals surface area contributed by atoms with E-state index >= 15 is 0 Å². The predicted molar refractivity (Wildman–Crippen MR) is 54.6 cm³/mol. The SMILES string of the molecule is CC(C)OCCOC(=O)ON1C(=O)CCC1=O. The van der Waals surface area contributed by atoms with Crippen molar-refractivity contribution in [3.8, 4) is 0 Å². The third-order valence-electron chi connectivity index (χ3n) is 1.93. The van der Waals surface area contributed by atoms with Crippen LogP contribution >= 0.6 is 0 Å². The van der Waals surface area contributed by atoms with Gasteiger partial charge in [0, 0.05) is 12.8 Å². The molecule has 0 saturated carbocycles. The maximum atomic E-state index is 11.1. The lowest BCUT2D eigenvalue weighted by atomic mass is 10.4. The van der Waals surface area contributed by atoms with Crippen molar-refractivity contribution in [1.82, 2.24) is 5.06 Å². The Labute approximate surface area is 98.6 Å². The normalized spacial score (nSPS) is 15.6. The van der Waals surface area contributed by atoms with Crippen molar-refractivity contribution in [2.45, 2.75) is 32.8 Å². The van der Waals surface area contributed by atoms with Crippen LogP contribution in [0, 0.1) is 0 Å². The van der Waals surface area contributed by atoms with Crippen molar-refractivity contribution in [1.29, 1.82) is 0 Å². The van der Waals surface area contributed by atoms with Crippen LogP contribution in [0.15, 0.2) is 0 Å². The Hall–Kier alpha value is -1.63. The lowest BCUT2D eigenvalue weighted by Crippen LogP contribution is -2.32. The summed E-state index contributed by atoms with van der Waals surface area (Å²) in [4.78, 5) is 37.7. The fraction of sp³-hybridized carbons (Fsp3) is 0.700. The average Bonchev–Trinajstić information content (AvgIpc) is 2.56. The number of carbonyl (C=O) groups is 3. The van der Waals surface area contributed by atoms with Crippen molar-refractivity contribution in [2.75, 3.05) is 13.2 Å². The molecular formula is C10H15NO6. The molecule has 0 aliphatic carbocycles. The van der Waals surface area contributed by atoms with E-state index in [0.717, 1.165) is 0 Å². The molecule has 0 aromatic heterocycles. The second-order valence-electron chi connectivity index (χ2n) is 3.69. The Balaban J connectivity index is 2.21. The summed E-state index contributed by atoms with van der Waals surface area (Å²) in [7, 11) is 0. The van der Waals surface area contributed by atoms with Crippen molar-refractivity contribution in [2.24, 2.45) is 0 Å². The fourth-order valence-electron chi connectivity index (χ4n) is 1.17. The minimum atomic E-state index is -1.08. The van der Waals surface area contributed by atoms with Gasteiger partial charge < -0.3 is 9.47 Å². The molecule has 0 bridgehead atoms. The monoisotopic (exact) mass is 245 g/mol. The van der Waals surface area contributed by atoms with Crippen LogP contribution in [0.2, 0.25) is 0 Å². The molecule has 0 spiro atoms. The van der Waals surface area contributed by atoms with Crippen molar-refractivity contribution < 1.29 is 28.7 Å². The summed E-state index contributed by atoms with van der Waals surface area (Å²) in [6.45, 7) is 3.93. The van der Waals surface area contributed by atoms with E-state index in [-0.39, 0.29) is 32.2 Å². The number of ether oxygens (including phenoxy) is 2. The van der Waals surface area contributed by atoms with E-state index in [1.54, 1.807) is 0 Å². The van der Waals surface area contributed by atoms with Gasteiger partial charge in [0.25, 0.3) is 11.8 Å². The number of hydrogen-bond acceptors (Lipinski definition) is 6. The highest BCUT2D eigenvalue weighted by Crippen LogP contribution is 2.12. The van der Waals surface area contributed by atoms with Gasteiger partial charge >= 0.3 is 6.16 Å². The molecule has 17 heavy (non-hydrogen) atoms. The third-order valence-corrected chi connectivity index (χ3v) is 1.93. The number of amides is 2. The second kappa shape index (κ2) is 6.19. The van der Waals surface area contributed by atoms with Crippen LogP contribution in [0.25, 0.3) is 0 Å². The van der Waals surface area contributed by atoms with Crippen LogP contribution < -0.4 is 0 Å². The van der Waals surface area contributed by atoms with Crippen LogP contribution in [0.4, 0.5) is 4.79 Å². The predicted octanol–water partition coefficient (Wildman–Crippen LogP) is 0.629. The second-order valence-corrected chi connectivity index (χ2v) is 3.69. The molecule has 1 saturated heterocycles. The number of hydroxylamine groups is 2. The van der Waals surface area contributed by atoms with E-state index in [9.17, 15) is 14.4 Å². The van der Waals surface area contributed by atoms with Gasteiger partial charge in [-0.25, -0.2) is 4.79 Å². The summed E-state index contributed by atoms with van der Waals surface area (Å²) in [6, 6.07) is 0. The maximum Gasteiger partial charge on any atom is 0.534 e. The summed E-state index contributed by atoms with van der Waals surface area (Å²) < 4.78 is 9.74. The molecule has 1 aliphatic rings. The highest BCUT2D eigenvalue weighted by molar-refractivity contribution is 6.01. The van der Waals surface area contributed by atoms with Gasteiger partial charge in [0.15, 0.2) is 0 Å². The van der Waals surface area contributed by atoms with Gasteiger partial charge in [0.05, 0.1) is 12.7 Å². The zero-order valence-corrected chi connectivity index (χ0v) is 9.80. The van der Waals surface area contributed by atoms with E-state index in [2.05, 4.69) is 9.57 Å². The molecule has 96 valence electrons. The topological polar surface area (TPSA) is 82.1 Å². The Kier molecular flexibility index (Phi) is 4.89. The zero-order valence-electron chi connectivity index (χ0n) is 9.80. The smallest absolute Gasteiger partial charge is 0.430 e. The first-order valence-electron chi connectivity index (χ1n) is 5.33. The third kappa shape index (κ3) is 4.39. The Morgan fingerprint density at radius 2 is 1.82 bits per heavy atom. The summed E-state index contributed by atoms with van der Waals surface area (Å²) >= 11 is 0. The Bertz CT molecular complexity index is 298. The largest absolute Gasteiger partial charge is 0.534 e. The number of carbonyl (C=O) groups excluding carboxylic acids is 3. The summed E-state index contributed by atoms with van der Waals surface area (Å²) in [5.74, 6) is -1.07. The molecule has 7 nitrogen and oxygen atoms in total. The van der Waals surface area contributed by atoms with Gasteiger partial charge in [-0.2, -0.15) is 0 Å². The summed E-state index contributed by atoms with van der Waals surface area (Å²) in [5.41, 5.74) is 0. The molecule has 2 amide bonds. The molecule has 0 unspecified atom stereocenters. The van der Waals surface area contributed by atoms with E-state index in [1.807, 2.05) is 13.8 Å². The standard InChI is InChI=1S/C10H15NO6/c1-7(2)15-5-6-16-10(14)17-11-8(12)3-4-9(11)13/h7H,3-6H2,1-2H3. The molecule has 7 heteroatoms. The minimum Gasteiger partial charge on any atom is -0.430 e. The molecule has 1 fully saturated rings. The van der Waals surface area contributed by atoms with Crippen molar-refractivity contribution >= 4 is 18.0 Å². The van der Waals surface area contributed by atoms with E-state index < -0.39 is 18.0 Å². The van der Waals surface area contributed by atoms with Crippen LogP contribution in [0.5, 0.6) is 0 Å². The molecule has 0 atom stereocenters. The number of nitrogens with zero attached hydrogens (tertiary/aromatic N) is 1. The number of hydrogen-bond donors (Lipinski definition) is 0.